The van der Waals surface area contributed by atoms with E-state index in [0.29, 0.717) is 6.07 Å². The molecule has 1 aromatic heterocycles. The lowest BCUT2D eigenvalue weighted by molar-refractivity contribution is 0.581. The van der Waals surface area contributed by atoms with Crippen LogP contribution in [0.1, 0.15) is 0 Å². The molecule has 0 amide bonds. The molecular weight excluding hydrogens is 313 g/mol. The predicted octanol–water partition coefficient (Wildman–Crippen LogP) is 2.98. The fourth-order valence-electron chi connectivity index (χ4n) is 1.21. The zero-order valence-electron chi connectivity index (χ0n) is 8.72. The number of nitrogen functional groups attached to an aromatic ring is 1. The Morgan fingerprint density at radius 3 is 2.56 bits per heavy atom. The first-order valence-electron chi connectivity index (χ1n) is 4.67. The summed E-state index contributed by atoms with van der Waals surface area (Å²) in [6.07, 6.45) is 0.848. The standard InChI is InChI=1S/C10H6BrF3N4/c11-4-1-8(6(13)2-5(4)12)17-9-7(14)3-16-10(15)18-9/h1-3H,(H3,15,16,17,18). The van der Waals surface area contributed by atoms with Gasteiger partial charge in [0.1, 0.15) is 11.6 Å². The van der Waals surface area contributed by atoms with E-state index in [-0.39, 0.29) is 21.9 Å². The van der Waals surface area contributed by atoms with Crippen LogP contribution in [0.2, 0.25) is 0 Å². The fraction of sp³-hybridized carbons (Fsp3) is 0. The van der Waals surface area contributed by atoms with Crippen molar-refractivity contribution in [3.05, 3.63) is 40.3 Å². The smallest absolute Gasteiger partial charge is 0.222 e. The van der Waals surface area contributed by atoms with Gasteiger partial charge < -0.3 is 11.1 Å². The highest BCUT2D eigenvalue weighted by Gasteiger charge is 2.12. The monoisotopic (exact) mass is 318 g/mol. The van der Waals surface area contributed by atoms with Gasteiger partial charge in [-0.05, 0) is 22.0 Å². The molecule has 0 radical (unpaired) electrons. The van der Waals surface area contributed by atoms with E-state index in [0.717, 1.165) is 12.3 Å². The van der Waals surface area contributed by atoms with Crippen molar-refractivity contribution >= 4 is 33.4 Å². The van der Waals surface area contributed by atoms with Crippen LogP contribution in [0, 0.1) is 17.5 Å². The van der Waals surface area contributed by atoms with Gasteiger partial charge in [0.25, 0.3) is 0 Å². The third-order valence-electron chi connectivity index (χ3n) is 2.03. The second-order valence-electron chi connectivity index (χ2n) is 3.30. The first-order chi connectivity index (χ1) is 8.47. The molecule has 0 aliphatic rings. The Labute approximate surface area is 108 Å². The van der Waals surface area contributed by atoms with Crippen LogP contribution >= 0.6 is 15.9 Å². The lowest BCUT2D eigenvalue weighted by Crippen LogP contribution is -2.04. The third kappa shape index (κ3) is 2.53. The summed E-state index contributed by atoms with van der Waals surface area (Å²) >= 11 is 2.89. The minimum absolute atomic E-state index is 0.0360. The molecule has 0 aliphatic heterocycles. The van der Waals surface area contributed by atoms with Gasteiger partial charge >= 0.3 is 0 Å². The summed E-state index contributed by atoms with van der Waals surface area (Å²) in [6.45, 7) is 0. The summed E-state index contributed by atoms with van der Waals surface area (Å²) in [6, 6.07) is 1.79. The van der Waals surface area contributed by atoms with E-state index in [4.69, 9.17) is 5.73 Å². The van der Waals surface area contributed by atoms with Gasteiger partial charge in [-0.15, -0.1) is 0 Å². The average molecular weight is 319 g/mol. The number of nitrogens with one attached hydrogen (secondary N) is 1. The van der Waals surface area contributed by atoms with Gasteiger partial charge in [-0.1, -0.05) is 0 Å². The quantitative estimate of drug-likeness (QED) is 0.835. The first kappa shape index (κ1) is 12.6. The van der Waals surface area contributed by atoms with Gasteiger partial charge in [-0.25, -0.2) is 18.2 Å². The van der Waals surface area contributed by atoms with Crippen LogP contribution in [0.5, 0.6) is 0 Å². The average Bonchev–Trinajstić information content (AvgIpc) is 2.30. The molecule has 0 spiro atoms. The SMILES string of the molecule is Nc1ncc(F)c(Nc2cc(Br)c(F)cc2F)n1. The Balaban J connectivity index is 2.40. The predicted molar refractivity (Wildman–Crippen MR) is 63.7 cm³/mol. The molecule has 0 bridgehead atoms. The van der Waals surface area contributed by atoms with Crippen molar-refractivity contribution in [2.45, 2.75) is 0 Å². The van der Waals surface area contributed by atoms with Gasteiger partial charge in [0, 0.05) is 6.07 Å². The molecule has 4 nitrogen and oxygen atoms in total. The molecule has 0 unspecified atom stereocenters. The number of nitrogens with two attached hydrogens (primary N) is 1. The maximum atomic E-state index is 13.4. The van der Waals surface area contributed by atoms with Gasteiger partial charge in [-0.3, -0.25) is 0 Å². The number of hydrogen-bond acceptors (Lipinski definition) is 4. The molecule has 0 atom stereocenters. The molecule has 2 aromatic rings. The summed E-state index contributed by atoms with van der Waals surface area (Å²) in [4.78, 5) is 6.99. The minimum Gasteiger partial charge on any atom is -0.368 e. The molecule has 0 saturated heterocycles. The first-order valence-corrected chi connectivity index (χ1v) is 5.46. The Bertz CT molecular complexity index is 606. The Morgan fingerprint density at radius 2 is 1.83 bits per heavy atom. The minimum atomic E-state index is -0.882. The van der Waals surface area contributed by atoms with Crippen molar-refractivity contribution < 1.29 is 13.2 Å². The van der Waals surface area contributed by atoms with E-state index in [1.807, 2.05) is 0 Å². The highest BCUT2D eigenvalue weighted by Crippen LogP contribution is 2.26. The molecule has 0 aliphatic carbocycles. The number of nitrogens with zero attached hydrogens (tertiary/aromatic N) is 2. The second kappa shape index (κ2) is 4.81. The van der Waals surface area contributed by atoms with Crippen LogP contribution in [-0.4, -0.2) is 9.97 Å². The highest BCUT2D eigenvalue weighted by molar-refractivity contribution is 9.10. The van der Waals surface area contributed by atoms with Gasteiger partial charge in [0.05, 0.1) is 16.4 Å². The van der Waals surface area contributed by atoms with Crippen molar-refractivity contribution in [1.29, 1.82) is 0 Å². The Hall–Kier alpha value is -1.83. The van der Waals surface area contributed by atoms with E-state index >= 15 is 0 Å². The second-order valence-corrected chi connectivity index (χ2v) is 4.15. The zero-order chi connectivity index (χ0) is 13.3. The molecule has 1 aromatic carbocycles. The number of hydrogen-bond donors (Lipinski definition) is 2. The molecule has 8 heteroatoms. The van der Waals surface area contributed by atoms with Crippen molar-refractivity contribution in [3.63, 3.8) is 0 Å². The Morgan fingerprint density at radius 1 is 1.11 bits per heavy atom. The number of aromatic nitrogens is 2. The van der Waals surface area contributed by atoms with Crippen LogP contribution in [0.3, 0.4) is 0 Å². The van der Waals surface area contributed by atoms with Crippen LogP contribution in [0.25, 0.3) is 0 Å². The van der Waals surface area contributed by atoms with E-state index in [1.165, 1.54) is 0 Å². The summed E-state index contributed by atoms with van der Waals surface area (Å²) < 4.78 is 39.8. The zero-order valence-corrected chi connectivity index (χ0v) is 10.3. The van der Waals surface area contributed by atoms with Gasteiger partial charge in [-0.2, -0.15) is 4.98 Å². The number of halogens is 4. The molecule has 1 heterocycles. The van der Waals surface area contributed by atoms with Crippen LogP contribution in [-0.2, 0) is 0 Å². The van der Waals surface area contributed by atoms with Crippen LogP contribution in [0.4, 0.5) is 30.6 Å². The van der Waals surface area contributed by atoms with Gasteiger partial charge in [0.15, 0.2) is 11.6 Å². The van der Waals surface area contributed by atoms with E-state index in [1.54, 1.807) is 0 Å². The van der Waals surface area contributed by atoms with E-state index in [2.05, 4.69) is 31.2 Å². The molecule has 94 valence electrons. The van der Waals surface area contributed by atoms with Crippen LogP contribution < -0.4 is 11.1 Å². The Kier molecular flexibility index (Phi) is 3.37. The number of benzene rings is 1. The number of anilines is 3. The maximum absolute atomic E-state index is 13.4. The van der Waals surface area contributed by atoms with E-state index in [9.17, 15) is 13.2 Å². The molecule has 0 saturated carbocycles. The molecule has 0 fully saturated rings. The summed E-state index contributed by atoms with van der Waals surface area (Å²) in [5.74, 6) is -2.91. The largest absolute Gasteiger partial charge is 0.368 e. The fourth-order valence-corrected chi connectivity index (χ4v) is 1.56. The summed E-state index contributed by atoms with van der Waals surface area (Å²) in [5, 5.41) is 2.37. The van der Waals surface area contributed by atoms with Crippen molar-refractivity contribution in [3.8, 4) is 0 Å². The number of rotatable bonds is 2. The third-order valence-corrected chi connectivity index (χ3v) is 2.63. The van der Waals surface area contributed by atoms with Crippen molar-refractivity contribution in [1.82, 2.24) is 9.97 Å². The molecule has 18 heavy (non-hydrogen) atoms. The molecular formula is C10H6BrF3N4. The summed E-state index contributed by atoms with van der Waals surface area (Å²) in [7, 11) is 0. The lowest BCUT2D eigenvalue weighted by atomic mass is 10.3. The van der Waals surface area contributed by atoms with Crippen molar-refractivity contribution in [2.24, 2.45) is 0 Å². The maximum Gasteiger partial charge on any atom is 0.222 e. The molecule has 2 rings (SSSR count). The highest BCUT2D eigenvalue weighted by atomic mass is 79.9. The van der Waals surface area contributed by atoms with Crippen molar-refractivity contribution in [2.75, 3.05) is 11.1 Å². The molecule has 3 N–H and O–H groups in total. The lowest BCUT2D eigenvalue weighted by Gasteiger charge is -2.08. The topological polar surface area (TPSA) is 63.8 Å². The van der Waals surface area contributed by atoms with Crippen LogP contribution in [0.15, 0.2) is 22.8 Å². The summed E-state index contributed by atoms with van der Waals surface area (Å²) in [5.41, 5.74) is 5.14. The van der Waals surface area contributed by atoms with E-state index < -0.39 is 17.5 Å². The normalized spacial score (nSPS) is 10.4. The van der Waals surface area contributed by atoms with Gasteiger partial charge in [0.2, 0.25) is 5.95 Å².